The molecule has 0 atom stereocenters. The molecule has 29 heavy (non-hydrogen) atoms. The summed E-state index contributed by atoms with van der Waals surface area (Å²) >= 11 is 1.25. The molecule has 152 valence electrons. The van der Waals surface area contributed by atoms with Gasteiger partial charge in [0.1, 0.15) is 5.76 Å². The van der Waals surface area contributed by atoms with Crippen LogP contribution < -0.4 is 20.1 Å². The molecule has 0 saturated heterocycles. The van der Waals surface area contributed by atoms with Gasteiger partial charge in [0.05, 0.1) is 38.2 Å². The second kappa shape index (κ2) is 8.78. The average molecular weight is 415 g/mol. The van der Waals surface area contributed by atoms with Crippen LogP contribution in [0.25, 0.3) is 0 Å². The van der Waals surface area contributed by atoms with E-state index in [1.165, 1.54) is 24.7 Å². The van der Waals surface area contributed by atoms with Crippen LogP contribution in [-0.2, 0) is 11.2 Å². The number of nitrogens with one attached hydrogen (secondary N) is 2. The van der Waals surface area contributed by atoms with Gasteiger partial charge in [-0.3, -0.25) is 14.9 Å². The maximum absolute atomic E-state index is 12.4. The number of aryl methyl sites for hydroxylation is 2. The fourth-order valence-corrected chi connectivity index (χ4v) is 3.41. The van der Waals surface area contributed by atoms with Crippen molar-refractivity contribution in [3.8, 4) is 11.5 Å². The number of thiazole rings is 1. The first kappa shape index (κ1) is 20.4. The molecule has 0 aliphatic heterocycles. The zero-order valence-electron chi connectivity index (χ0n) is 16.5. The van der Waals surface area contributed by atoms with Crippen molar-refractivity contribution in [1.29, 1.82) is 0 Å². The third-order valence-electron chi connectivity index (χ3n) is 4.22. The Kier molecular flexibility index (Phi) is 6.18. The first-order chi connectivity index (χ1) is 13.9. The van der Waals surface area contributed by atoms with Gasteiger partial charge in [0.25, 0.3) is 5.91 Å². The Balaban J connectivity index is 1.63. The number of anilines is 2. The Labute approximate surface area is 171 Å². The van der Waals surface area contributed by atoms with E-state index in [2.05, 4.69) is 15.6 Å². The van der Waals surface area contributed by atoms with E-state index in [0.717, 1.165) is 5.56 Å². The topological polar surface area (TPSA) is 103 Å². The number of furan rings is 1. The molecule has 3 rings (SSSR count). The molecule has 0 saturated carbocycles. The molecule has 2 amide bonds. The first-order valence-corrected chi connectivity index (χ1v) is 9.61. The van der Waals surface area contributed by atoms with Crippen LogP contribution in [0.4, 0.5) is 10.8 Å². The molecular weight excluding hydrogens is 394 g/mol. The number of methoxy groups -OCH3 is 2. The van der Waals surface area contributed by atoms with Gasteiger partial charge in [0.15, 0.2) is 16.6 Å². The molecule has 3 aromatic rings. The monoisotopic (exact) mass is 415 g/mol. The minimum absolute atomic E-state index is 0.0743. The highest BCUT2D eigenvalue weighted by Gasteiger charge is 2.15. The van der Waals surface area contributed by atoms with Crippen LogP contribution >= 0.6 is 11.3 Å². The van der Waals surface area contributed by atoms with Crippen LogP contribution in [-0.4, -0.2) is 31.0 Å². The van der Waals surface area contributed by atoms with Gasteiger partial charge in [-0.1, -0.05) is 0 Å². The normalized spacial score (nSPS) is 10.5. The fourth-order valence-electron chi connectivity index (χ4n) is 2.70. The van der Waals surface area contributed by atoms with Crippen molar-refractivity contribution in [2.24, 2.45) is 0 Å². The predicted molar refractivity (Wildman–Crippen MR) is 110 cm³/mol. The van der Waals surface area contributed by atoms with Crippen LogP contribution in [0, 0.1) is 13.8 Å². The lowest BCUT2D eigenvalue weighted by molar-refractivity contribution is -0.115. The van der Waals surface area contributed by atoms with Crippen molar-refractivity contribution in [3.05, 3.63) is 52.4 Å². The molecule has 2 heterocycles. The summed E-state index contributed by atoms with van der Waals surface area (Å²) in [5, 5.41) is 7.72. The number of hydrogen-bond acceptors (Lipinski definition) is 7. The summed E-state index contributed by atoms with van der Waals surface area (Å²) < 4.78 is 15.7. The molecule has 8 nitrogen and oxygen atoms in total. The molecule has 0 unspecified atom stereocenters. The summed E-state index contributed by atoms with van der Waals surface area (Å²) in [6.07, 6.45) is 1.53. The SMILES string of the molecule is COc1cc(C)c(NC(=O)Cc2csc(NC(=O)c3ccoc3C)n2)cc1OC. The lowest BCUT2D eigenvalue weighted by atomic mass is 10.1. The lowest BCUT2D eigenvalue weighted by Gasteiger charge is -2.13. The van der Waals surface area contributed by atoms with Crippen LogP contribution in [0.3, 0.4) is 0 Å². The summed E-state index contributed by atoms with van der Waals surface area (Å²) in [6, 6.07) is 5.10. The van der Waals surface area contributed by atoms with E-state index in [0.29, 0.717) is 39.3 Å². The van der Waals surface area contributed by atoms with E-state index in [4.69, 9.17) is 13.9 Å². The highest BCUT2D eigenvalue weighted by atomic mass is 32.1. The largest absolute Gasteiger partial charge is 0.493 e. The molecule has 0 spiro atoms. The van der Waals surface area contributed by atoms with E-state index >= 15 is 0 Å². The second-order valence-electron chi connectivity index (χ2n) is 6.24. The summed E-state index contributed by atoms with van der Waals surface area (Å²) in [7, 11) is 3.09. The molecule has 9 heteroatoms. The molecule has 2 aromatic heterocycles. The lowest BCUT2D eigenvalue weighted by Crippen LogP contribution is -2.16. The van der Waals surface area contributed by atoms with Crippen LogP contribution in [0.15, 0.2) is 34.3 Å². The van der Waals surface area contributed by atoms with Gasteiger partial charge in [-0.05, 0) is 31.5 Å². The summed E-state index contributed by atoms with van der Waals surface area (Å²) in [5.41, 5.74) is 2.48. The minimum atomic E-state index is -0.303. The number of hydrogen-bond donors (Lipinski definition) is 2. The number of nitrogens with zero attached hydrogens (tertiary/aromatic N) is 1. The van der Waals surface area contributed by atoms with Crippen LogP contribution in [0.2, 0.25) is 0 Å². The Morgan fingerprint density at radius 3 is 2.52 bits per heavy atom. The van der Waals surface area contributed by atoms with Crippen molar-refractivity contribution in [2.45, 2.75) is 20.3 Å². The molecular formula is C20H21N3O5S. The second-order valence-corrected chi connectivity index (χ2v) is 7.09. The van der Waals surface area contributed by atoms with Crippen LogP contribution in [0.5, 0.6) is 11.5 Å². The quantitative estimate of drug-likeness (QED) is 0.608. The van der Waals surface area contributed by atoms with Gasteiger partial charge >= 0.3 is 0 Å². The van der Waals surface area contributed by atoms with E-state index in [-0.39, 0.29) is 18.2 Å². The number of amides is 2. The number of benzene rings is 1. The highest BCUT2D eigenvalue weighted by Crippen LogP contribution is 2.33. The van der Waals surface area contributed by atoms with E-state index in [9.17, 15) is 9.59 Å². The molecule has 0 bridgehead atoms. The number of carbonyl (C=O) groups is 2. The summed E-state index contributed by atoms with van der Waals surface area (Å²) in [4.78, 5) is 29.0. The van der Waals surface area contributed by atoms with Crippen molar-refractivity contribution >= 4 is 34.0 Å². The molecule has 0 radical (unpaired) electrons. The van der Waals surface area contributed by atoms with Crippen molar-refractivity contribution in [1.82, 2.24) is 4.98 Å². The Morgan fingerprint density at radius 1 is 1.14 bits per heavy atom. The zero-order valence-corrected chi connectivity index (χ0v) is 17.3. The standard InChI is InChI=1S/C20H21N3O5S/c1-11-7-16(26-3)17(27-4)9-15(11)22-18(24)8-13-10-29-20(21-13)23-19(25)14-5-6-28-12(14)2/h5-7,9-10H,8H2,1-4H3,(H,22,24)(H,21,23,25). The molecule has 1 aromatic carbocycles. The minimum Gasteiger partial charge on any atom is -0.493 e. The Hall–Kier alpha value is -3.33. The molecule has 0 aliphatic rings. The molecule has 2 N–H and O–H groups in total. The molecule has 0 aliphatic carbocycles. The van der Waals surface area contributed by atoms with Crippen molar-refractivity contribution in [3.63, 3.8) is 0 Å². The molecule has 0 fully saturated rings. The predicted octanol–water partition coefficient (Wildman–Crippen LogP) is 3.80. The van der Waals surface area contributed by atoms with E-state index in [1.54, 1.807) is 37.6 Å². The van der Waals surface area contributed by atoms with Gasteiger partial charge < -0.3 is 19.2 Å². The summed E-state index contributed by atoms with van der Waals surface area (Å²) in [6.45, 7) is 3.58. The Bertz CT molecular complexity index is 1040. The first-order valence-electron chi connectivity index (χ1n) is 8.73. The van der Waals surface area contributed by atoms with Gasteiger partial charge in [-0.25, -0.2) is 4.98 Å². The van der Waals surface area contributed by atoms with Gasteiger partial charge in [0.2, 0.25) is 5.91 Å². The average Bonchev–Trinajstić information content (AvgIpc) is 3.31. The van der Waals surface area contributed by atoms with E-state index < -0.39 is 0 Å². The third kappa shape index (κ3) is 4.75. The Morgan fingerprint density at radius 2 is 1.86 bits per heavy atom. The third-order valence-corrected chi connectivity index (χ3v) is 5.03. The van der Waals surface area contributed by atoms with Crippen molar-refractivity contribution in [2.75, 3.05) is 24.9 Å². The number of aromatic nitrogens is 1. The maximum Gasteiger partial charge on any atom is 0.260 e. The van der Waals surface area contributed by atoms with Gasteiger partial charge in [-0.2, -0.15) is 0 Å². The zero-order chi connectivity index (χ0) is 21.0. The number of carbonyl (C=O) groups excluding carboxylic acids is 2. The van der Waals surface area contributed by atoms with Crippen LogP contribution in [0.1, 0.15) is 27.4 Å². The smallest absolute Gasteiger partial charge is 0.260 e. The van der Waals surface area contributed by atoms with Crippen molar-refractivity contribution < 1.29 is 23.5 Å². The number of rotatable bonds is 7. The summed E-state index contributed by atoms with van der Waals surface area (Å²) in [5.74, 6) is 1.12. The highest BCUT2D eigenvalue weighted by molar-refractivity contribution is 7.14. The fraction of sp³-hybridized carbons (Fsp3) is 0.250. The maximum atomic E-state index is 12.4. The number of ether oxygens (including phenoxy) is 2. The van der Waals surface area contributed by atoms with Gasteiger partial charge in [-0.15, -0.1) is 11.3 Å². The van der Waals surface area contributed by atoms with E-state index in [1.807, 2.05) is 6.92 Å². The van der Waals surface area contributed by atoms with Gasteiger partial charge in [0, 0.05) is 17.1 Å².